The van der Waals surface area contributed by atoms with Crippen LogP contribution in [0.5, 0.6) is 5.75 Å². The maximum Gasteiger partial charge on any atom is 1.00 e. The molecule has 1 aromatic rings. The monoisotopic (exact) mass is 239 g/mol. The first-order chi connectivity index (χ1) is 5.11. The molecule has 0 amide bonds. The van der Waals surface area contributed by atoms with Gasteiger partial charge in [0.05, 0.1) is 4.92 Å². The average Bonchev–Trinajstić information content (AvgIpc) is 1.94. The van der Waals surface area contributed by atoms with Gasteiger partial charge < -0.3 is 5.11 Å². The molecule has 58 valence electrons. The van der Waals surface area contributed by atoms with Crippen LogP contribution in [-0.4, -0.2) is 4.92 Å². The molecule has 0 saturated heterocycles. The summed E-state index contributed by atoms with van der Waals surface area (Å²) in [7, 11) is 0. The summed E-state index contributed by atoms with van der Waals surface area (Å²) in [6, 6.07) is 3.51. The van der Waals surface area contributed by atoms with Crippen molar-refractivity contribution in [2.75, 3.05) is 0 Å². The Morgan fingerprint density at radius 1 is 1.42 bits per heavy atom. The third-order valence-corrected chi connectivity index (χ3v) is 1.75. The summed E-state index contributed by atoms with van der Waals surface area (Å²) in [5.41, 5.74) is -0.0866. The summed E-state index contributed by atoms with van der Waals surface area (Å²) in [4.78, 5) is 9.60. The van der Waals surface area contributed by atoms with Crippen molar-refractivity contribution < 1.29 is 39.6 Å². The van der Waals surface area contributed by atoms with Gasteiger partial charge in [-0.3, -0.25) is 10.1 Å². The standard InChI is InChI=1S/C6H4BrNO3.Na/c7-5-3-4(8(10)11)1-2-6(5)9;/h1-3,9H;/q;+1/p-1. The van der Waals surface area contributed by atoms with Crippen molar-refractivity contribution in [2.45, 2.75) is 0 Å². The maximum atomic E-state index is 10.7. The van der Waals surface area contributed by atoms with Crippen molar-refractivity contribution in [3.05, 3.63) is 32.8 Å². The molecule has 0 aromatic heterocycles. The quantitative estimate of drug-likeness (QED) is 0.338. The minimum absolute atomic E-state index is 0. The molecule has 4 nitrogen and oxygen atoms in total. The van der Waals surface area contributed by atoms with E-state index in [1.54, 1.807) is 0 Å². The topological polar surface area (TPSA) is 66.2 Å². The molecule has 0 heterocycles. The van der Waals surface area contributed by atoms with Gasteiger partial charge in [-0.15, -0.1) is 0 Å². The molecular weight excluding hydrogens is 237 g/mol. The minimum atomic E-state index is -0.551. The summed E-state index contributed by atoms with van der Waals surface area (Å²) < 4.78 is 0.215. The second-order valence-electron chi connectivity index (χ2n) is 1.87. The Morgan fingerprint density at radius 2 is 2.00 bits per heavy atom. The van der Waals surface area contributed by atoms with Crippen molar-refractivity contribution in [3.63, 3.8) is 0 Å². The summed E-state index contributed by atoms with van der Waals surface area (Å²) in [5, 5.41) is 20.9. The zero-order chi connectivity index (χ0) is 8.43. The number of hydrogen-bond acceptors (Lipinski definition) is 3. The van der Waals surface area contributed by atoms with Crippen LogP contribution in [0.25, 0.3) is 0 Å². The van der Waals surface area contributed by atoms with Gasteiger partial charge in [0.15, 0.2) is 0 Å². The van der Waals surface area contributed by atoms with E-state index >= 15 is 0 Å². The zero-order valence-corrected chi connectivity index (χ0v) is 9.87. The molecular formula is C6H3BrNNaO3. The smallest absolute Gasteiger partial charge is 0.872 e. The van der Waals surface area contributed by atoms with Crippen LogP contribution in [-0.2, 0) is 0 Å². The van der Waals surface area contributed by atoms with Crippen molar-refractivity contribution in [2.24, 2.45) is 0 Å². The molecule has 0 fully saturated rings. The van der Waals surface area contributed by atoms with Gasteiger partial charge in [0.25, 0.3) is 5.69 Å². The zero-order valence-electron chi connectivity index (χ0n) is 6.28. The van der Waals surface area contributed by atoms with Crippen molar-refractivity contribution >= 4 is 21.6 Å². The number of nitro benzene ring substituents is 1. The summed E-state index contributed by atoms with van der Waals surface area (Å²) in [6.45, 7) is 0. The second-order valence-corrected chi connectivity index (χ2v) is 2.73. The number of rotatable bonds is 1. The Bertz CT molecular complexity index is 305. The molecule has 0 unspecified atom stereocenters. The molecule has 6 heteroatoms. The van der Waals surface area contributed by atoms with Gasteiger partial charge in [-0.25, -0.2) is 0 Å². The van der Waals surface area contributed by atoms with Gasteiger partial charge in [-0.2, -0.15) is 0 Å². The summed E-state index contributed by atoms with van der Waals surface area (Å²) in [6.07, 6.45) is 0. The van der Waals surface area contributed by atoms with Crippen molar-refractivity contribution in [1.29, 1.82) is 0 Å². The molecule has 0 radical (unpaired) electrons. The van der Waals surface area contributed by atoms with E-state index in [-0.39, 0.29) is 45.5 Å². The third kappa shape index (κ3) is 2.75. The predicted molar refractivity (Wildman–Crippen MR) is 40.2 cm³/mol. The van der Waals surface area contributed by atoms with Crippen LogP contribution >= 0.6 is 15.9 Å². The molecule has 0 aliphatic heterocycles. The molecule has 1 aromatic carbocycles. The van der Waals surface area contributed by atoms with Gasteiger partial charge in [0.1, 0.15) is 0 Å². The number of non-ortho nitro benzene ring substituents is 1. The van der Waals surface area contributed by atoms with E-state index in [4.69, 9.17) is 0 Å². The Kier molecular flexibility index (Phi) is 4.77. The van der Waals surface area contributed by atoms with E-state index in [0.29, 0.717) is 0 Å². The molecule has 0 saturated carbocycles. The largest absolute Gasteiger partial charge is 1.00 e. The first-order valence-corrected chi connectivity index (χ1v) is 3.51. The Labute approximate surface area is 99.2 Å². The fourth-order valence-corrected chi connectivity index (χ4v) is 0.970. The van der Waals surface area contributed by atoms with E-state index in [1.807, 2.05) is 0 Å². The summed E-state index contributed by atoms with van der Waals surface area (Å²) in [5.74, 6) is -0.254. The SMILES string of the molecule is O=[N+]([O-])c1ccc([O-])c(Br)c1.[Na+]. The van der Waals surface area contributed by atoms with Gasteiger partial charge in [-0.05, 0) is 0 Å². The first-order valence-electron chi connectivity index (χ1n) is 2.72. The van der Waals surface area contributed by atoms with E-state index in [2.05, 4.69) is 15.9 Å². The summed E-state index contributed by atoms with van der Waals surface area (Å²) >= 11 is 2.90. The van der Waals surface area contributed by atoms with Gasteiger partial charge >= 0.3 is 29.6 Å². The Hall–Kier alpha value is -0.100. The molecule has 0 aliphatic rings. The number of nitrogens with zero attached hydrogens (tertiary/aromatic N) is 1. The van der Waals surface area contributed by atoms with Crippen LogP contribution in [0, 0.1) is 10.1 Å². The van der Waals surface area contributed by atoms with Crippen LogP contribution < -0.4 is 34.7 Å². The second kappa shape index (κ2) is 4.81. The number of nitro groups is 1. The fraction of sp³-hybridized carbons (Fsp3) is 0. The average molecular weight is 240 g/mol. The number of halogens is 1. The van der Waals surface area contributed by atoms with Gasteiger partial charge in [0.2, 0.25) is 0 Å². The van der Waals surface area contributed by atoms with Gasteiger partial charge in [0, 0.05) is 16.6 Å². The fourth-order valence-electron chi connectivity index (χ4n) is 0.603. The van der Waals surface area contributed by atoms with Crippen molar-refractivity contribution in [3.8, 4) is 5.75 Å². The van der Waals surface area contributed by atoms with Crippen LogP contribution in [0.2, 0.25) is 0 Å². The first kappa shape index (κ1) is 11.9. The minimum Gasteiger partial charge on any atom is -0.872 e. The molecule has 0 bridgehead atoms. The van der Waals surface area contributed by atoms with E-state index in [1.165, 1.54) is 12.1 Å². The van der Waals surface area contributed by atoms with Crippen LogP contribution in [0.3, 0.4) is 0 Å². The van der Waals surface area contributed by atoms with E-state index in [9.17, 15) is 15.2 Å². The number of benzene rings is 1. The predicted octanol–water partition coefficient (Wildman–Crippen LogP) is -1.57. The van der Waals surface area contributed by atoms with Gasteiger partial charge in [-0.1, -0.05) is 27.7 Å². The van der Waals surface area contributed by atoms with Crippen LogP contribution in [0.4, 0.5) is 5.69 Å². The molecule has 0 atom stereocenters. The third-order valence-electron chi connectivity index (χ3n) is 1.13. The van der Waals surface area contributed by atoms with Crippen molar-refractivity contribution in [1.82, 2.24) is 0 Å². The molecule has 1 rings (SSSR count). The normalized spacial score (nSPS) is 8.75. The van der Waals surface area contributed by atoms with E-state index < -0.39 is 4.92 Å². The van der Waals surface area contributed by atoms with E-state index in [0.717, 1.165) is 6.07 Å². The molecule has 0 aliphatic carbocycles. The van der Waals surface area contributed by atoms with Crippen LogP contribution in [0.15, 0.2) is 22.7 Å². The van der Waals surface area contributed by atoms with Crippen LogP contribution in [0.1, 0.15) is 0 Å². The maximum absolute atomic E-state index is 10.7. The molecule has 12 heavy (non-hydrogen) atoms. The Morgan fingerprint density at radius 3 is 2.42 bits per heavy atom. The Balaban J connectivity index is 0.00000121. The number of hydrogen-bond donors (Lipinski definition) is 0. The molecule has 0 N–H and O–H groups in total. The molecule has 0 spiro atoms.